The molecular formula is C50H58O10. The van der Waals surface area contributed by atoms with Gasteiger partial charge in [-0.25, -0.2) is 0 Å². The number of rotatable bonds is 19. The number of aromatic hydroxyl groups is 8. The van der Waals surface area contributed by atoms with E-state index in [1.807, 2.05) is 53.7 Å². The van der Waals surface area contributed by atoms with Crippen LogP contribution in [0.1, 0.15) is 123 Å². The van der Waals surface area contributed by atoms with E-state index in [9.17, 15) is 50.4 Å². The normalized spacial score (nSPS) is 11.7. The van der Waals surface area contributed by atoms with Gasteiger partial charge in [0.1, 0.15) is 23.0 Å². The fraction of sp³-hybridized carbons (Fsp3) is 0.320. The van der Waals surface area contributed by atoms with Gasteiger partial charge in [0, 0.05) is 41.7 Å². The Balaban J connectivity index is 1.89. The molecule has 0 saturated carbocycles. The maximum absolute atomic E-state index is 13.5. The second-order valence-corrected chi connectivity index (χ2v) is 15.9. The number of phenols is 8. The zero-order valence-corrected chi connectivity index (χ0v) is 35.4. The van der Waals surface area contributed by atoms with Gasteiger partial charge in [-0.1, -0.05) is 46.6 Å². The summed E-state index contributed by atoms with van der Waals surface area (Å²) < 4.78 is 0. The molecule has 0 fully saturated rings. The second kappa shape index (κ2) is 21.0. The summed E-state index contributed by atoms with van der Waals surface area (Å²) in [5.41, 5.74) is 6.34. The smallest absolute Gasteiger partial charge is 0.166 e. The maximum Gasteiger partial charge on any atom is 0.166 e. The minimum atomic E-state index is -0.500. The number of ketones is 2. The van der Waals surface area contributed by atoms with Crippen molar-refractivity contribution in [1.82, 2.24) is 0 Å². The highest BCUT2D eigenvalue weighted by atomic mass is 16.3. The number of benzene rings is 4. The lowest BCUT2D eigenvalue weighted by molar-refractivity contribution is 0.0971. The highest BCUT2D eigenvalue weighted by Crippen LogP contribution is 2.47. The standard InChI is InChI=1S/C50H58O10/c1-29(2)9-7-11-31(5)13-18-36-33(15-23-43(53)39-20-16-34(51)26-45(39)55)25-42(50(60)49(36)59)41-28-47(57)48(58)38(19-14-32(6)12-8-10-30(3)4)37(41)22-24-44(54)40-21-17-35(52)27-46(40)56/h9-10,13-14,16-17,20-21,25-28,51-52,55-60H,7-8,11-12,15,18-19,22-24H2,1-6H3/b31-13-,32-14+. The fourth-order valence-electron chi connectivity index (χ4n) is 7.11. The van der Waals surface area contributed by atoms with Gasteiger partial charge in [-0.3, -0.25) is 9.59 Å². The second-order valence-electron chi connectivity index (χ2n) is 15.9. The highest BCUT2D eigenvalue weighted by molar-refractivity contribution is 5.99. The molecule has 10 heteroatoms. The van der Waals surface area contributed by atoms with Gasteiger partial charge in [0.15, 0.2) is 34.6 Å². The van der Waals surface area contributed by atoms with Crippen molar-refractivity contribution >= 4 is 11.6 Å². The van der Waals surface area contributed by atoms with E-state index in [2.05, 4.69) is 12.2 Å². The van der Waals surface area contributed by atoms with Crippen LogP contribution in [0, 0.1) is 0 Å². The molecule has 0 atom stereocenters. The molecule has 0 radical (unpaired) electrons. The molecule has 0 aliphatic rings. The van der Waals surface area contributed by atoms with Crippen molar-refractivity contribution in [2.45, 2.75) is 106 Å². The largest absolute Gasteiger partial charge is 0.508 e. The van der Waals surface area contributed by atoms with Crippen LogP contribution in [0.3, 0.4) is 0 Å². The molecule has 0 unspecified atom stereocenters. The SMILES string of the molecule is CC(C)=CCC/C(C)=C\Cc1c(CCC(=O)c2ccc(O)cc2O)cc(-c2cc(O)c(O)c(C/C=C(\C)CCC=C(C)C)c2CCC(=O)c2ccc(O)cc2O)c(O)c1O. The van der Waals surface area contributed by atoms with Gasteiger partial charge in [-0.2, -0.15) is 0 Å². The topological polar surface area (TPSA) is 196 Å². The lowest BCUT2D eigenvalue weighted by atomic mass is 9.85. The van der Waals surface area contributed by atoms with Gasteiger partial charge in [0.25, 0.3) is 0 Å². The Labute approximate surface area is 352 Å². The zero-order valence-electron chi connectivity index (χ0n) is 35.4. The van der Waals surface area contributed by atoms with E-state index < -0.39 is 40.3 Å². The van der Waals surface area contributed by atoms with Crippen molar-refractivity contribution in [1.29, 1.82) is 0 Å². The van der Waals surface area contributed by atoms with Crippen LogP contribution >= 0.6 is 0 Å². The molecule has 0 aliphatic carbocycles. The van der Waals surface area contributed by atoms with Gasteiger partial charge in [0.05, 0.1) is 11.1 Å². The molecule has 0 bridgehead atoms. The Morgan fingerprint density at radius 3 is 1.43 bits per heavy atom. The fourth-order valence-corrected chi connectivity index (χ4v) is 7.11. The Hall–Kier alpha value is -6.42. The van der Waals surface area contributed by atoms with E-state index in [1.165, 1.54) is 41.5 Å². The first-order valence-corrected chi connectivity index (χ1v) is 20.2. The van der Waals surface area contributed by atoms with Crippen molar-refractivity contribution in [3.05, 3.63) is 129 Å². The third-order valence-corrected chi connectivity index (χ3v) is 10.5. The van der Waals surface area contributed by atoms with Crippen LogP contribution in [0.15, 0.2) is 95.1 Å². The summed E-state index contributed by atoms with van der Waals surface area (Å²) in [6, 6.07) is 10.3. The number of hydrogen-bond acceptors (Lipinski definition) is 10. The number of carbonyl (C=O) groups excluding carboxylic acids is 2. The summed E-state index contributed by atoms with van der Waals surface area (Å²) in [5, 5.41) is 86.6. The number of allylic oxidation sites excluding steroid dienone is 8. The quantitative estimate of drug-likeness (QED) is 0.0256. The Kier molecular flexibility index (Phi) is 16.2. The molecule has 0 heterocycles. The highest BCUT2D eigenvalue weighted by Gasteiger charge is 2.25. The molecule has 0 spiro atoms. The number of phenolic OH excluding ortho intramolecular Hbond substituents is 8. The molecule has 4 aromatic rings. The van der Waals surface area contributed by atoms with Crippen molar-refractivity contribution < 1.29 is 50.4 Å². The van der Waals surface area contributed by atoms with Crippen molar-refractivity contribution in [3.8, 4) is 57.1 Å². The van der Waals surface area contributed by atoms with Crippen LogP contribution < -0.4 is 0 Å². The van der Waals surface area contributed by atoms with E-state index in [0.29, 0.717) is 22.3 Å². The number of Topliss-reactive ketones (excluding diaryl/α,β-unsaturated/α-hetero) is 2. The average Bonchev–Trinajstić information content (AvgIpc) is 3.17. The van der Waals surface area contributed by atoms with Crippen LogP contribution in [0.2, 0.25) is 0 Å². The number of aryl methyl sites for hydroxylation is 1. The predicted molar refractivity (Wildman–Crippen MR) is 236 cm³/mol. The minimum absolute atomic E-state index is 0.0107. The van der Waals surface area contributed by atoms with E-state index >= 15 is 0 Å². The van der Waals surface area contributed by atoms with Crippen molar-refractivity contribution in [3.63, 3.8) is 0 Å². The predicted octanol–water partition coefficient (Wildman–Crippen LogP) is 11.1. The van der Waals surface area contributed by atoms with E-state index in [4.69, 9.17) is 0 Å². The molecule has 0 aromatic heterocycles. The monoisotopic (exact) mass is 818 g/mol. The molecular weight excluding hydrogens is 761 g/mol. The first-order valence-electron chi connectivity index (χ1n) is 20.2. The Morgan fingerprint density at radius 2 is 0.950 bits per heavy atom. The Morgan fingerprint density at radius 1 is 0.467 bits per heavy atom. The van der Waals surface area contributed by atoms with Crippen LogP contribution in [0.25, 0.3) is 11.1 Å². The van der Waals surface area contributed by atoms with Gasteiger partial charge in [-0.15, -0.1) is 0 Å². The van der Waals surface area contributed by atoms with Gasteiger partial charge >= 0.3 is 0 Å². The molecule has 0 aliphatic heterocycles. The van der Waals surface area contributed by atoms with E-state index in [0.717, 1.165) is 49.0 Å². The summed E-state index contributed by atoms with van der Waals surface area (Å²) in [7, 11) is 0. The number of carbonyl (C=O) groups is 2. The zero-order chi connectivity index (χ0) is 44.3. The summed E-state index contributed by atoms with van der Waals surface area (Å²) in [5.74, 6) is -3.90. The van der Waals surface area contributed by atoms with E-state index in [-0.39, 0.29) is 78.0 Å². The lowest BCUT2D eigenvalue weighted by Gasteiger charge is -2.21. The summed E-state index contributed by atoms with van der Waals surface area (Å²) >= 11 is 0. The van der Waals surface area contributed by atoms with Crippen molar-refractivity contribution in [2.24, 2.45) is 0 Å². The summed E-state index contributed by atoms with van der Waals surface area (Å²) in [6.07, 6.45) is 11.4. The summed E-state index contributed by atoms with van der Waals surface area (Å²) in [6.45, 7) is 12.0. The van der Waals surface area contributed by atoms with Crippen LogP contribution in [-0.4, -0.2) is 52.4 Å². The molecule has 4 rings (SSSR count). The third kappa shape index (κ3) is 12.3. The molecule has 318 valence electrons. The molecule has 0 amide bonds. The van der Waals surface area contributed by atoms with E-state index in [1.54, 1.807) is 6.07 Å². The van der Waals surface area contributed by atoms with Crippen LogP contribution in [-0.2, 0) is 25.7 Å². The Bertz CT molecular complexity index is 2350. The maximum atomic E-state index is 13.5. The van der Waals surface area contributed by atoms with Gasteiger partial charge in [0.2, 0.25) is 0 Å². The van der Waals surface area contributed by atoms with Crippen LogP contribution in [0.5, 0.6) is 46.0 Å². The average molecular weight is 819 g/mol. The molecule has 60 heavy (non-hydrogen) atoms. The summed E-state index contributed by atoms with van der Waals surface area (Å²) in [4.78, 5) is 26.9. The first-order chi connectivity index (χ1) is 28.4. The molecule has 0 saturated heterocycles. The lowest BCUT2D eigenvalue weighted by Crippen LogP contribution is -2.07. The first kappa shape index (κ1) is 46.3. The van der Waals surface area contributed by atoms with Gasteiger partial charge in [-0.05, 0) is 146 Å². The number of hydrogen-bond donors (Lipinski definition) is 8. The third-order valence-electron chi connectivity index (χ3n) is 10.5. The minimum Gasteiger partial charge on any atom is -0.508 e. The molecule has 8 N–H and O–H groups in total. The van der Waals surface area contributed by atoms with Crippen molar-refractivity contribution in [2.75, 3.05) is 0 Å². The van der Waals surface area contributed by atoms with Gasteiger partial charge < -0.3 is 40.9 Å². The van der Waals surface area contributed by atoms with Crippen LogP contribution in [0.4, 0.5) is 0 Å². The molecule has 10 nitrogen and oxygen atoms in total. The molecule has 4 aromatic carbocycles.